The van der Waals surface area contributed by atoms with Gasteiger partial charge in [-0.25, -0.2) is 0 Å². The summed E-state index contributed by atoms with van der Waals surface area (Å²) in [6, 6.07) is 12.7. The minimum absolute atomic E-state index is 0.0935. The number of aromatic hydroxyl groups is 1. The first kappa shape index (κ1) is 13.0. The second kappa shape index (κ2) is 5.17. The van der Waals surface area contributed by atoms with Gasteiger partial charge in [0.2, 0.25) is 0 Å². The van der Waals surface area contributed by atoms with Gasteiger partial charge in [-0.1, -0.05) is 35.9 Å². The molecule has 0 spiro atoms. The van der Waals surface area contributed by atoms with E-state index in [4.69, 9.17) is 11.6 Å². The number of halogens is 1. The zero-order valence-electron chi connectivity index (χ0n) is 10.8. The number of fused-ring (bicyclic) bond motifs is 1. The summed E-state index contributed by atoms with van der Waals surface area (Å²) in [5.41, 5.74) is 2.90. The van der Waals surface area contributed by atoms with Crippen LogP contribution in [0.5, 0.6) is 5.75 Å². The maximum absolute atomic E-state index is 12.0. The Morgan fingerprint density at radius 2 is 2.10 bits per heavy atom. The molecule has 0 aliphatic heterocycles. The molecule has 0 saturated carbocycles. The number of carbonyl (C=O) groups is 1. The van der Waals surface area contributed by atoms with Crippen LogP contribution in [0.2, 0.25) is 5.02 Å². The number of rotatable bonds is 3. The van der Waals surface area contributed by atoms with Crippen LogP contribution >= 0.6 is 11.6 Å². The highest BCUT2D eigenvalue weighted by molar-refractivity contribution is 6.30. The molecule has 3 nitrogen and oxygen atoms in total. The summed E-state index contributed by atoms with van der Waals surface area (Å²) < 4.78 is 0. The number of phenols is 1. The molecule has 2 N–H and O–H groups in total. The molecule has 1 aliphatic rings. The molecule has 1 atom stereocenters. The SMILES string of the molecule is O=C(NCC1Cc2ccccc21)c1ccc(Cl)cc1O. The Morgan fingerprint density at radius 3 is 2.85 bits per heavy atom. The van der Waals surface area contributed by atoms with E-state index in [0.717, 1.165) is 6.42 Å². The van der Waals surface area contributed by atoms with Gasteiger partial charge in [0, 0.05) is 17.5 Å². The molecule has 0 bridgehead atoms. The third kappa shape index (κ3) is 2.37. The summed E-state index contributed by atoms with van der Waals surface area (Å²) in [6.45, 7) is 0.581. The van der Waals surface area contributed by atoms with Gasteiger partial charge in [0.25, 0.3) is 5.91 Å². The first-order valence-corrected chi connectivity index (χ1v) is 6.87. The van der Waals surface area contributed by atoms with Gasteiger partial charge in [-0.3, -0.25) is 4.79 Å². The standard InChI is InChI=1S/C16H14ClNO2/c17-12-5-6-14(15(19)8-12)16(20)18-9-11-7-10-3-1-2-4-13(10)11/h1-6,8,11,19H,7,9H2,(H,18,20). The molecular formula is C16H14ClNO2. The van der Waals surface area contributed by atoms with Crippen LogP contribution in [0.25, 0.3) is 0 Å². The van der Waals surface area contributed by atoms with Crippen molar-refractivity contribution in [3.8, 4) is 5.75 Å². The highest BCUT2D eigenvalue weighted by Gasteiger charge is 2.25. The fraction of sp³-hybridized carbons (Fsp3) is 0.188. The topological polar surface area (TPSA) is 49.3 Å². The molecule has 1 unspecified atom stereocenters. The minimum atomic E-state index is -0.274. The van der Waals surface area contributed by atoms with E-state index in [2.05, 4.69) is 17.4 Å². The summed E-state index contributed by atoms with van der Waals surface area (Å²) in [4.78, 5) is 12.0. The largest absolute Gasteiger partial charge is 0.507 e. The van der Waals surface area contributed by atoms with Gasteiger partial charge >= 0.3 is 0 Å². The van der Waals surface area contributed by atoms with Crippen molar-refractivity contribution in [2.75, 3.05) is 6.54 Å². The first-order chi connectivity index (χ1) is 9.65. The Morgan fingerprint density at radius 1 is 1.30 bits per heavy atom. The predicted octanol–water partition coefficient (Wildman–Crippen LogP) is 3.12. The molecule has 0 heterocycles. The molecule has 1 amide bonds. The molecule has 20 heavy (non-hydrogen) atoms. The summed E-state index contributed by atoms with van der Waals surface area (Å²) in [7, 11) is 0. The van der Waals surface area contributed by atoms with Crippen molar-refractivity contribution in [3.63, 3.8) is 0 Å². The van der Waals surface area contributed by atoms with Gasteiger partial charge in [-0.05, 0) is 35.7 Å². The van der Waals surface area contributed by atoms with Gasteiger partial charge in [0.05, 0.1) is 5.56 Å². The van der Waals surface area contributed by atoms with Crippen LogP contribution in [0.4, 0.5) is 0 Å². The molecule has 0 radical (unpaired) electrons. The van der Waals surface area contributed by atoms with Gasteiger partial charge < -0.3 is 10.4 Å². The van der Waals surface area contributed by atoms with Crippen molar-refractivity contribution >= 4 is 17.5 Å². The molecule has 0 fully saturated rings. The Kier molecular flexibility index (Phi) is 3.36. The smallest absolute Gasteiger partial charge is 0.255 e. The Labute approximate surface area is 122 Å². The maximum atomic E-state index is 12.0. The number of carbonyl (C=O) groups excluding carboxylic acids is 1. The van der Waals surface area contributed by atoms with Crippen LogP contribution < -0.4 is 5.32 Å². The predicted molar refractivity (Wildman–Crippen MR) is 78.3 cm³/mol. The van der Waals surface area contributed by atoms with Crippen LogP contribution in [0.15, 0.2) is 42.5 Å². The summed E-state index contributed by atoms with van der Waals surface area (Å²) in [5.74, 6) is -0.00264. The van der Waals surface area contributed by atoms with Crippen molar-refractivity contribution in [2.24, 2.45) is 0 Å². The van der Waals surface area contributed by atoms with Crippen molar-refractivity contribution in [2.45, 2.75) is 12.3 Å². The van der Waals surface area contributed by atoms with E-state index >= 15 is 0 Å². The lowest BCUT2D eigenvalue weighted by Gasteiger charge is -2.30. The number of amides is 1. The van der Waals surface area contributed by atoms with E-state index in [9.17, 15) is 9.90 Å². The highest BCUT2D eigenvalue weighted by atomic mass is 35.5. The Balaban J connectivity index is 1.64. The number of benzene rings is 2. The van der Waals surface area contributed by atoms with E-state index in [-0.39, 0.29) is 17.2 Å². The van der Waals surface area contributed by atoms with Crippen LogP contribution in [0, 0.1) is 0 Å². The monoisotopic (exact) mass is 287 g/mol. The van der Waals surface area contributed by atoms with Gasteiger partial charge in [-0.2, -0.15) is 0 Å². The van der Waals surface area contributed by atoms with Crippen molar-refractivity contribution in [1.82, 2.24) is 5.32 Å². The summed E-state index contributed by atoms with van der Waals surface area (Å²) in [6.07, 6.45) is 0.989. The lowest BCUT2D eigenvalue weighted by Crippen LogP contribution is -2.33. The van der Waals surface area contributed by atoms with Crippen LogP contribution in [-0.2, 0) is 6.42 Å². The van der Waals surface area contributed by atoms with E-state index in [1.165, 1.54) is 23.3 Å². The lowest BCUT2D eigenvalue weighted by molar-refractivity contribution is 0.0947. The number of hydrogen-bond acceptors (Lipinski definition) is 2. The molecule has 1 aliphatic carbocycles. The van der Waals surface area contributed by atoms with E-state index in [0.29, 0.717) is 17.5 Å². The van der Waals surface area contributed by atoms with Crippen LogP contribution in [-0.4, -0.2) is 17.6 Å². The maximum Gasteiger partial charge on any atom is 0.255 e. The van der Waals surface area contributed by atoms with Crippen molar-refractivity contribution in [3.05, 3.63) is 64.2 Å². The average Bonchev–Trinajstić information content (AvgIpc) is 2.39. The average molecular weight is 288 g/mol. The quantitative estimate of drug-likeness (QED) is 0.911. The van der Waals surface area contributed by atoms with E-state index in [1.807, 2.05) is 12.1 Å². The zero-order chi connectivity index (χ0) is 14.1. The minimum Gasteiger partial charge on any atom is -0.507 e. The summed E-state index contributed by atoms with van der Waals surface area (Å²) >= 11 is 5.75. The van der Waals surface area contributed by atoms with Crippen molar-refractivity contribution < 1.29 is 9.90 Å². The molecule has 4 heteroatoms. The van der Waals surface area contributed by atoms with E-state index < -0.39 is 0 Å². The molecule has 0 saturated heterocycles. The number of nitrogens with one attached hydrogen (secondary N) is 1. The lowest BCUT2D eigenvalue weighted by atomic mass is 9.77. The third-order valence-electron chi connectivity index (χ3n) is 3.67. The summed E-state index contributed by atoms with van der Waals surface area (Å²) in [5, 5.41) is 13.0. The number of phenolic OH excluding ortho intramolecular Hbond substituents is 1. The fourth-order valence-corrected chi connectivity index (χ4v) is 2.72. The van der Waals surface area contributed by atoms with E-state index in [1.54, 1.807) is 6.07 Å². The normalized spacial score (nSPS) is 16.1. The van der Waals surface area contributed by atoms with Crippen molar-refractivity contribution in [1.29, 1.82) is 0 Å². The van der Waals surface area contributed by atoms with Gasteiger partial charge in [-0.15, -0.1) is 0 Å². The van der Waals surface area contributed by atoms with Gasteiger partial charge in [0.1, 0.15) is 5.75 Å². The first-order valence-electron chi connectivity index (χ1n) is 6.49. The Bertz CT molecular complexity index is 669. The molecule has 2 aromatic rings. The second-order valence-electron chi connectivity index (χ2n) is 4.97. The zero-order valence-corrected chi connectivity index (χ0v) is 11.5. The third-order valence-corrected chi connectivity index (χ3v) is 3.91. The highest BCUT2D eigenvalue weighted by Crippen LogP contribution is 2.34. The molecule has 3 rings (SSSR count). The van der Waals surface area contributed by atoms with Crippen LogP contribution in [0.1, 0.15) is 27.4 Å². The van der Waals surface area contributed by atoms with Crippen LogP contribution in [0.3, 0.4) is 0 Å². The molecule has 2 aromatic carbocycles. The second-order valence-corrected chi connectivity index (χ2v) is 5.41. The molecule has 102 valence electrons. The van der Waals surface area contributed by atoms with Gasteiger partial charge in [0.15, 0.2) is 0 Å². The Hall–Kier alpha value is -2.00. The number of hydrogen-bond donors (Lipinski definition) is 2. The molecular weight excluding hydrogens is 274 g/mol. The fourth-order valence-electron chi connectivity index (χ4n) is 2.55. The molecule has 0 aromatic heterocycles.